The van der Waals surface area contributed by atoms with Gasteiger partial charge in [0.1, 0.15) is 17.8 Å². The first-order valence-corrected chi connectivity index (χ1v) is 8.54. The van der Waals surface area contributed by atoms with Crippen LogP contribution in [0.4, 0.5) is 10.5 Å². The quantitative estimate of drug-likeness (QED) is 0.343. The van der Waals surface area contributed by atoms with Crippen LogP contribution >= 0.6 is 21.6 Å². The Bertz CT molecular complexity index is 520. The van der Waals surface area contributed by atoms with Gasteiger partial charge < -0.3 is 4.74 Å². The average molecular weight is 324 g/mol. The molecule has 1 aromatic heterocycles. The highest BCUT2D eigenvalue weighted by Crippen LogP contribution is 2.49. The summed E-state index contributed by atoms with van der Waals surface area (Å²) in [7, 11) is 8.06. The molecule has 110 valence electrons. The third-order valence-electron chi connectivity index (χ3n) is 3.23. The topological polar surface area (TPSA) is 82.3 Å². The van der Waals surface area contributed by atoms with E-state index in [9.17, 15) is 14.9 Å². The van der Waals surface area contributed by atoms with Crippen molar-refractivity contribution < 1.29 is 14.5 Å². The molecule has 1 heterocycles. The van der Waals surface area contributed by atoms with Gasteiger partial charge in [0.15, 0.2) is 0 Å². The van der Waals surface area contributed by atoms with Crippen LogP contribution in [0.15, 0.2) is 23.4 Å². The summed E-state index contributed by atoms with van der Waals surface area (Å²) >= 11 is 0. The predicted octanol–water partition coefficient (Wildman–Crippen LogP) is 3.35. The molecule has 0 saturated heterocycles. The van der Waals surface area contributed by atoms with Gasteiger partial charge in [0.05, 0.1) is 9.67 Å². The SMILES string of the molecule is [B]C(=O)OCC1(SSc2ccc([N+](=O)[O-])cn2)CCCC1. The first-order chi connectivity index (χ1) is 10.0. The predicted molar refractivity (Wildman–Crippen MR) is 82.6 cm³/mol. The maximum Gasteiger partial charge on any atom is 0.287 e. The van der Waals surface area contributed by atoms with Crippen molar-refractivity contribution in [1.82, 2.24) is 4.98 Å². The number of aromatic nitrogens is 1. The van der Waals surface area contributed by atoms with E-state index in [-0.39, 0.29) is 17.0 Å². The molecule has 0 aliphatic heterocycles. The van der Waals surface area contributed by atoms with Gasteiger partial charge in [-0.3, -0.25) is 14.9 Å². The van der Waals surface area contributed by atoms with Crippen molar-refractivity contribution in [3.8, 4) is 0 Å². The molecular weight excluding hydrogens is 311 g/mol. The van der Waals surface area contributed by atoms with Crippen LogP contribution in [0.25, 0.3) is 0 Å². The number of nitrogens with zero attached hydrogens (tertiary/aromatic N) is 2. The molecule has 1 fully saturated rings. The Balaban J connectivity index is 1.95. The lowest BCUT2D eigenvalue weighted by atomic mass is 10.1. The highest BCUT2D eigenvalue weighted by atomic mass is 33.1. The summed E-state index contributed by atoms with van der Waals surface area (Å²) < 4.78 is 4.81. The lowest BCUT2D eigenvalue weighted by molar-refractivity contribution is -0.385. The van der Waals surface area contributed by atoms with Gasteiger partial charge in [0, 0.05) is 6.07 Å². The van der Waals surface area contributed by atoms with E-state index in [1.165, 1.54) is 23.1 Å². The maximum absolute atomic E-state index is 10.8. The largest absolute Gasteiger partial charge is 0.473 e. The minimum Gasteiger partial charge on any atom is -0.473 e. The van der Waals surface area contributed by atoms with Crippen LogP contribution in [-0.4, -0.2) is 35.0 Å². The normalized spacial score (nSPS) is 16.6. The van der Waals surface area contributed by atoms with Crippen LogP contribution in [0.3, 0.4) is 0 Å². The molecule has 6 nitrogen and oxygen atoms in total. The van der Waals surface area contributed by atoms with Crippen molar-refractivity contribution in [1.29, 1.82) is 0 Å². The summed E-state index contributed by atoms with van der Waals surface area (Å²) in [4.78, 5) is 24.9. The Labute approximate surface area is 131 Å². The van der Waals surface area contributed by atoms with Gasteiger partial charge in [-0.2, -0.15) is 0 Å². The lowest BCUT2D eigenvalue weighted by Gasteiger charge is -2.26. The summed E-state index contributed by atoms with van der Waals surface area (Å²) in [5, 5.41) is 11.3. The third-order valence-corrected chi connectivity index (χ3v) is 6.43. The van der Waals surface area contributed by atoms with Crippen molar-refractivity contribution in [2.45, 2.75) is 35.5 Å². The molecule has 0 amide bonds. The Morgan fingerprint density at radius 2 is 2.19 bits per heavy atom. The zero-order chi connectivity index (χ0) is 15.3. The number of pyridine rings is 1. The van der Waals surface area contributed by atoms with E-state index in [1.807, 2.05) is 0 Å². The molecule has 0 N–H and O–H groups in total. The molecule has 1 aliphatic carbocycles. The molecule has 0 bridgehead atoms. The zero-order valence-electron chi connectivity index (χ0n) is 11.2. The van der Waals surface area contributed by atoms with Gasteiger partial charge in [-0.15, -0.1) is 0 Å². The van der Waals surface area contributed by atoms with Crippen molar-refractivity contribution in [3.05, 3.63) is 28.4 Å². The summed E-state index contributed by atoms with van der Waals surface area (Å²) in [5.74, 6) is -0.764. The van der Waals surface area contributed by atoms with Gasteiger partial charge in [-0.1, -0.05) is 23.6 Å². The lowest BCUT2D eigenvalue weighted by Crippen LogP contribution is -2.27. The molecule has 1 saturated carbocycles. The van der Waals surface area contributed by atoms with Gasteiger partial charge in [-0.25, -0.2) is 4.98 Å². The van der Waals surface area contributed by atoms with E-state index in [1.54, 1.807) is 16.9 Å². The summed E-state index contributed by atoms with van der Waals surface area (Å²) in [6.45, 7) is 0.285. The number of nitro groups is 1. The molecule has 1 aromatic rings. The molecule has 21 heavy (non-hydrogen) atoms. The summed E-state index contributed by atoms with van der Waals surface area (Å²) in [5.41, 5.74) is -0.0306. The monoisotopic (exact) mass is 324 g/mol. The van der Waals surface area contributed by atoms with E-state index in [4.69, 9.17) is 12.6 Å². The van der Waals surface area contributed by atoms with E-state index in [0.29, 0.717) is 5.03 Å². The van der Waals surface area contributed by atoms with Crippen molar-refractivity contribution in [2.24, 2.45) is 0 Å². The molecular formula is C12H13BN2O4S2. The number of carbonyl (C=O) groups is 1. The molecule has 0 atom stereocenters. The average Bonchev–Trinajstić information content (AvgIpc) is 2.93. The number of rotatable bonds is 6. The standard InChI is InChI=1S/C12H13BN2O4S2/c13-11(16)19-8-12(5-1-2-6-12)21-20-10-4-3-9(7-14-10)15(17)18/h3-4,7H,1-2,5-6,8H2. The molecule has 2 rings (SSSR count). The van der Waals surface area contributed by atoms with Crippen molar-refractivity contribution in [3.63, 3.8) is 0 Å². The Morgan fingerprint density at radius 1 is 1.48 bits per heavy atom. The molecule has 0 unspecified atom stereocenters. The highest BCUT2D eigenvalue weighted by molar-refractivity contribution is 8.77. The van der Waals surface area contributed by atoms with Crippen molar-refractivity contribution in [2.75, 3.05) is 6.61 Å². The molecule has 2 radical (unpaired) electrons. The van der Waals surface area contributed by atoms with E-state index in [0.717, 1.165) is 25.7 Å². The number of hydrogen-bond acceptors (Lipinski definition) is 7. The van der Waals surface area contributed by atoms with Crippen molar-refractivity contribution >= 4 is 41.0 Å². The molecule has 9 heteroatoms. The maximum atomic E-state index is 10.8. The van der Waals surface area contributed by atoms with Gasteiger partial charge in [-0.05, 0) is 29.7 Å². The first-order valence-electron chi connectivity index (χ1n) is 6.39. The fourth-order valence-corrected chi connectivity index (χ4v) is 4.91. The summed E-state index contributed by atoms with van der Waals surface area (Å²) in [6.07, 6.45) is 5.31. The number of carbonyl (C=O) groups excluding carboxylic acids is 1. The van der Waals surface area contributed by atoms with Crippen LogP contribution in [-0.2, 0) is 4.74 Å². The van der Waals surface area contributed by atoms with Gasteiger partial charge in [0.2, 0.25) is 13.7 Å². The second-order valence-corrected chi connectivity index (χ2v) is 7.39. The van der Waals surface area contributed by atoms with E-state index >= 15 is 0 Å². The number of ether oxygens (including phenoxy) is 1. The minimum atomic E-state index is -0.764. The molecule has 1 aliphatic rings. The molecule has 0 aromatic carbocycles. The second kappa shape index (κ2) is 7.17. The zero-order valence-corrected chi connectivity index (χ0v) is 12.8. The van der Waals surface area contributed by atoms with Gasteiger partial charge in [0.25, 0.3) is 5.69 Å². The van der Waals surface area contributed by atoms with E-state index in [2.05, 4.69) is 4.98 Å². The van der Waals surface area contributed by atoms with Gasteiger partial charge >= 0.3 is 0 Å². The third kappa shape index (κ3) is 4.64. The van der Waals surface area contributed by atoms with Crippen LogP contribution < -0.4 is 0 Å². The minimum absolute atomic E-state index is 0.0306. The van der Waals surface area contributed by atoms with E-state index < -0.39 is 10.8 Å². The van der Waals surface area contributed by atoms with Crippen LogP contribution in [0, 0.1) is 10.1 Å². The Hall–Kier alpha value is -1.22. The fraction of sp³-hybridized carbons (Fsp3) is 0.500. The fourth-order valence-electron chi connectivity index (χ4n) is 2.13. The Kier molecular flexibility index (Phi) is 5.52. The molecule has 0 spiro atoms. The second-order valence-electron chi connectivity index (χ2n) is 4.78. The Morgan fingerprint density at radius 3 is 2.71 bits per heavy atom. The summed E-state index contributed by atoms with van der Waals surface area (Å²) in [6, 6.07) is 3.05. The highest BCUT2D eigenvalue weighted by Gasteiger charge is 2.36. The van der Waals surface area contributed by atoms with Crippen LogP contribution in [0.2, 0.25) is 0 Å². The smallest absolute Gasteiger partial charge is 0.287 e. The number of hydrogen-bond donors (Lipinski definition) is 0. The van der Waals surface area contributed by atoms with Crippen LogP contribution in [0.1, 0.15) is 25.7 Å². The van der Waals surface area contributed by atoms with Crippen LogP contribution in [0.5, 0.6) is 0 Å². The first kappa shape index (κ1) is 16.2.